The van der Waals surface area contributed by atoms with E-state index < -0.39 is 35.2 Å². The van der Waals surface area contributed by atoms with Crippen LogP contribution >= 0.6 is 0 Å². The van der Waals surface area contributed by atoms with Crippen LogP contribution in [0, 0.1) is 6.92 Å². The fraction of sp³-hybridized carbons (Fsp3) is 0.440. The number of ether oxygens (including phenoxy) is 3. The van der Waals surface area contributed by atoms with Crippen molar-refractivity contribution in [2.24, 2.45) is 0 Å². The van der Waals surface area contributed by atoms with Gasteiger partial charge in [-0.3, -0.25) is 9.69 Å². The molecule has 1 aliphatic heterocycles. The van der Waals surface area contributed by atoms with Gasteiger partial charge in [0, 0.05) is 5.69 Å². The molecule has 0 unspecified atom stereocenters. The molecular weight excluding hydrogens is 410 g/mol. The van der Waals surface area contributed by atoms with Gasteiger partial charge in [-0.15, -0.1) is 0 Å². The summed E-state index contributed by atoms with van der Waals surface area (Å²) in [5.74, 6) is -0.760. The van der Waals surface area contributed by atoms with Crippen molar-refractivity contribution in [1.29, 1.82) is 0 Å². The first-order chi connectivity index (χ1) is 15.0. The Morgan fingerprint density at radius 2 is 1.72 bits per heavy atom. The van der Waals surface area contributed by atoms with Crippen molar-refractivity contribution in [3.63, 3.8) is 0 Å². The van der Waals surface area contributed by atoms with Gasteiger partial charge in [0.05, 0.1) is 19.3 Å². The minimum atomic E-state index is -2.13. The maximum atomic E-state index is 13.5. The number of aryl methyl sites for hydroxylation is 1. The van der Waals surface area contributed by atoms with Gasteiger partial charge in [-0.2, -0.15) is 0 Å². The van der Waals surface area contributed by atoms with Crippen LogP contribution in [0.3, 0.4) is 0 Å². The number of nitrogens with zero attached hydrogens (tertiary/aromatic N) is 1. The molecule has 0 saturated carbocycles. The molecule has 7 nitrogen and oxygen atoms in total. The van der Waals surface area contributed by atoms with Crippen LogP contribution < -0.4 is 9.64 Å². The summed E-state index contributed by atoms with van der Waals surface area (Å²) >= 11 is 0. The SMILES string of the molecule is CCOC(=O)[C@@H](OC(C)(C)C)[C@]1(O)C(=O)N(c2ccc(OC)cc2)[C@H]1c1ccc(C)cc1. The average molecular weight is 442 g/mol. The molecule has 3 rings (SSSR count). The third-order valence-corrected chi connectivity index (χ3v) is 5.35. The number of anilines is 1. The van der Waals surface area contributed by atoms with Crippen LogP contribution in [-0.4, -0.2) is 48.0 Å². The Morgan fingerprint density at radius 1 is 1.12 bits per heavy atom. The molecule has 0 aromatic heterocycles. The molecule has 172 valence electrons. The van der Waals surface area contributed by atoms with E-state index >= 15 is 0 Å². The topological polar surface area (TPSA) is 85.3 Å². The number of benzene rings is 2. The highest BCUT2D eigenvalue weighted by molar-refractivity contribution is 6.11. The molecule has 2 aromatic rings. The summed E-state index contributed by atoms with van der Waals surface area (Å²) in [6.45, 7) is 8.99. The standard InChI is InChI=1S/C25H31NO6/c1-7-31-22(27)21(32-24(3,4)5)25(29)20(17-10-8-16(2)9-11-17)26(23(25)28)18-12-14-19(30-6)15-13-18/h8-15,20-21,29H,7H2,1-6H3/t20-,21+,25-/m0/s1. The lowest BCUT2D eigenvalue weighted by molar-refractivity contribution is -0.212. The Bertz CT molecular complexity index is 963. The van der Waals surface area contributed by atoms with E-state index in [9.17, 15) is 14.7 Å². The minimum Gasteiger partial charge on any atom is -0.497 e. The number of methoxy groups -OCH3 is 1. The van der Waals surface area contributed by atoms with E-state index in [0.29, 0.717) is 17.0 Å². The maximum absolute atomic E-state index is 13.5. The second-order valence-corrected chi connectivity index (χ2v) is 8.87. The van der Waals surface area contributed by atoms with Gasteiger partial charge in [-0.05, 0) is 64.4 Å². The fourth-order valence-electron chi connectivity index (χ4n) is 3.86. The van der Waals surface area contributed by atoms with Crippen LogP contribution in [-0.2, 0) is 19.1 Å². The molecule has 1 amide bonds. The van der Waals surface area contributed by atoms with Gasteiger partial charge in [-0.1, -0.05) is 29.8 Å². The smallest absolute Gasteiger partial charge is 0.339 e. The molecule has 1 fully saturated rings. The number of carbonyl (C=O) groups excluding carboxylic acids is 2. The summed E-state index contributed by atoms with van der Waals surface area (Å²) < 4.78 is 16.3. The van der Waals surface area contributed by atoms with Gasteiger partial charge in [-0.25, -0.2) is 4.79 Å². The zero-order valence-corrected chi connectivity index (χ0v) is 19.4. The molecular formula is C25H31NO6. The van der Waals surface area contributed by atoms with Crippen molar-refractivity contribution in [2.75, 3.05) is 18.6 Å². The molecule has 0 radical (unpaired) electrons. The third-order valence-electron chi connectivity index (χ3n) is 5.35. The molecule has 1 aliphatic rings. The largest absolute Gasteiger partial charge is 0.497 e. The minimum absolute atomic E-state index is 0.102. The van der Waals surface area contributed by atoms with Gasteiger partial charge in [0.1, 0.15) is 11.8 Å². The van der Waals surface area contributed by atoms with Crippen molar-refractivity contribution in [2.45, 2.75) is 58.0 Å². The first kappa shape index (κ1) is 23.8. The van der Waals surface area contributed by atoms with Crippen LogP contribution in [0.25, 0.3) is 0 Å². The summed E-state index contributed by atoms with van der Waals surface area (Å²) in [5.41, 5.74) is -0.642. The van der Waals surface area contributed by atoms with Crippen LogP contribution in [0.15, 0.2) is 48.5 Å². The van der Waals surface area contributed by atoms with E-state index in [1.807, 2.05) is 31.2 Å². The molecule has 32 heavy (non-hydrogen) atoms. The average Bonchev–Trinajstić information content (AvgIpc) is 2.75. The summed E-state index contributed by atoms with van der Waals surface area (Å²) in [6.07, 6.45) is -1.49. The Morgan fingerprint density at radius 3 is 2.22 bits per heavy atom. The van der Waals surface area contributed by atoms with Crippen molar-refractivity contribution < 1.29 is 28.9 Å². The molecule has 3 atom stereocenters. The fourth-order valence-corrected chi connectivity index (χ4v) is 3.86. The van der Waals surface area contributed by atoms with Crippen molar-refractivity contribution in [3.8, 4) is 5.75 Å². The first-order valence-electron chi connectivity index (χ1n) is 10.6. The van der Waals surface area contributed by atoms with E-state index in [4.69, 9.17) is 14.2 Å². The molecule has 7 heteroatoms. The Kier molecular flexibility index (Phi) is 6.62. The molecule has 0 spiro atoms. The predicted molar refractivity (Wildman–Crippen MR) is 121 cm³/mol. The number of amides is 1. The lowest BCUT2D eigenvalue weighted by Crippen LogP contribution is -2.76. The van der Waals surface area contributed by atoms with E-state index in [-0.39, 0.29) is 6.61 Å². The Balaban J connectivity index is 2.11. The number of rotatable bonds is 7. The van der Waals surface area contributed by atoms with E-state index in [2.05, 4.69) is 0 Å². The van der Waals surface area contributed by atoms with Gasteiger partial charge in [0.15, 0.2) is 6.10 Å². The number of β-lactam (4-membered cyclic amide) rings is 1. The third kappa shape index (κ3) is 4.36. The highest BCUT2D eigenvalue weighted by Crippen LogP contribution is 2.49. The zero-order chi connectivity index (χ0) is 23.7. The highest BCUT2D eigenvalue weighted by Gasteiger charge is 2.68. The van der Waals surface area contributed by atoms with Gasteiger partial charge >= 0.3 is 5.97 Å². The lowest BCUT2D eigenvalue weighted by Gasteiger charge is -2.55. The second-order valence-electron chi connectivity index (χ2n) is 8.87. The first-order valence-corrected chi connectivity index (χ1v) is 10.6. The predicted octanol–water partition coefficient (Wildman–Crippen LogP) is 3.57. The van der Waals surface area contributed by atoms with Crippen LogP contribution in [0.1, 0.15) is 44.9 Å². The zero-order valence-electron chi connectivity index (χ0n) is 19.4. The summed E-state index contributed by atoms with van der Waals surface area (Å²) in [4.78, 5) is 27.8. The van der Waals surface area contributed by atoms with Crippen molar-refractivity contribution >= 4 is 17.6 Å². The normalized spacial score (nSPS) is 21.7. The summed E-state index contributed by atoms with van der Waals surface area (Å²) in [6, 6.07) is 13.6. The lowest BCUT2D eigenvalue weighted by atomic mass is 9.73. The number of carbonyl (C=O) groups is 2. The molecule has 1 saturated heterocycles. The van der Waals surface area contributed by atoms with Crippen LogP contribution in [0.2, 0.25) is 0 Å². The maximum Gasteiger partial charge on any atom is 0.339 e. The number of esters is 1. The van der Waals surface area contributed by atoms with E-state index in [1.54, 1.807) is 59.1 Å². The van der Waals surface area contributed by atoms with Crippen molar-refractivity contribution in [1.82, 2.24) is 0 Å². The van der Waals surface area contributed by atoms with E-state index in [1.165, 1.54) is 4.90 Å². The number of hydrogen-bond acceptors (Lipinski definition) is 6. The Hall–Kier alpha value is -2.90. The second kappa shape index (κ2) is 8.92. The molecule has 0 bridgehead atoms. The van der Waals surface area contributed by atoms with Gasteiger partial charge in [0.25, 0.3) is 5.91 Å². The van der Waals surface area contributed by atoms with Crippen LogP contribution in [0.4, 0.5) is 5.69 Å². The number of hydrogen-bond donors (Lipinski definition) is 1. The van der Waals surface area contributed by atoms with Gasteiger partial charge < -0.3 is 19.3 Å². The molecule has 1 N–H and O–H groups in total. The summed E-state index contributed by atoms with van der Waals surface area (Å²) in [7, 11) is 1.56. The summed E-state index contributed by atoms with van der Waals surface area (Å²) in [5, 5.41) is 11.8. The van der Waals surface area contributed by atoms with Crippen LogP contribution in [0.5, 0.6) is 5.75 Å². The van der Waals surface area contributed by atoms with E-state index in [0.717, 1.165) is 5.56 Å². The van der Waals surface area contributed by atoms with Gasteiger partial charge in [0.2, 0.25) is 5.60 Å². The Labute approximate surface area is 188 Å². The molecule has 0 aliphatic carbocycles. The number of aliphatic hydroxyl groups is 1. The highest BCUT2D eigenvalue weighted by atomic mass is 16.6. The quantitative estimate of drug-likeness (QED) is 0.522. The van der Waals surface area contributed by atoms with Crippen molar-refractivity contribution in [3.05, 3.63) is 59.7 Å². The molecule has 2 aromatic carbocycles. The molecule has 1 heterocycles. The monoisotopic (exact) mass is 441 g/mol.